The van der Waals surface area contributed by atoms with Crippen LogP contribution in [-0.4, -0.2) is 12.3 Å². The van der Waals surface area contributed by atoms with Crippen molar-refractivity contribution in [3.8, 4) is 5.75 Å². The summed E-state index contributed by atoms with van der Waals surface area (Å²) in [5.74, 6) is -1.53. The van der Waals surface area contributed by atoms with E-state index in [2.05, 4.69) is 4.74 Å². The van der Waals surface area contributed by atoms with Crippen LogP contribution in [0.1, 0.15) is 0 Å². The van der Waals surface area contributed by atoms with Crippen molar-refractivity contribution in [3.05, 3.63) is 30.1 Å². The number of ether oxygens (including phenoxy) is 1. The SMILES string of the molecule is Fc1ccc(OC(F)(F)C(F)(F)F)cc1. The molecule has 0 radical (unpaired) electrons. The summed E-state index contributed by atoms with van der Waals surface area (Å²) in [7, 11) is 0. The highest BCUT2D eigenvalue weighted by molar-refractivity contribution is 5.22. The van der Waals surface area contributed by atoms with Gasteiger partial charge in [0.2, 0.25) is 0 Å². The number of halogens is 6. The molecule has 0 bridgehead atoms. The Kier molecular flexibility index (Phi) is 2.83. The van der Waals surface area contributed by atoms with Gasteiger partial charge in [0.15, 0.2) is 0 Å². The van der Waals surface area contributed by atoms with E-state index in [1.165, 1.54) is 0 Å². The third kappa shape index (κ3) is 2.77. The van der Waals surface area contributed by atoms with E-state index in [0.29, 0.717) is 24.3 Å². The van der Waals surface area contributed by atoms with Gasteiger partial charge in [0, 0.05) is 0 Å². The minimum atomic E-state index is -5.80. The first kappa shape index (κ1) is 11.7. The predicted molar refractivity (Wildman–Crippen MR) is 38.0 cm³/mol. The summed E-state index contributed by atoms with van der Waals surface area (Å²) in [6.45, 7) is 0. The van der Waals surface area contributed by atoms with E-state index >= 15 is 0 Å². The summed E-state index contributed by atoms with van der Waals surface area (Å²) in [6.07, 6.45) is -11.1. The molecule has 7 heteroatoms. The number of hydrogen-bond acceptors (Lipinski definition) is 1. The first-order valence-corrected chi connectivity index (χ1v) is 3.61. The van der Waals surface area contributed by atoms with Gasteiger partial charge in [0.1, 0.15) is 11.6 Å². The zero-order chi connectivity index (χ0) is 11.7. The van der Waals surface area contributed by atoms with Crippen LogP contribution >= 0.6 is 0 Å². The van der Waals surface area contributed by atoms with Crippen LogP contribution in [0.15, 0.2) is 24.3 Å². The van der Waals surface area contributed by atoms with Crippen molar-refractivity contribution in [1.29, 1.82) is 0 Å². The zero-order valence-electron chi connectivity index (χ0n) is 6.99. The Morgan fingerprint density at radius 2 is 1.33 bits per heavy atom. The van der Waals surface area contributed by atoms with Crippen LogP contribution in [0.5, 0.6) is 5.75 Å². The molecule has 0 aromatic heterocycles. The quantitative estimate of drug-likeness (QED) is 0.708. The van der Waals surface area contributed by atoms with Gasteiger partial charge in [-0.15, -0.1) is 0 Å². The van der Waals surface area contributed by atoms with Gasteiger partial charge >= 0.3 is 12.3 Å². The monoisotopic (exact) mass is 230 g/mol. The standard InChI is InChI=1S/C8H4F6O/c9-5-1-3-6(4-2-5)15-8(13,14)7(10,11)12/h1-4H. The largest absolute Gasteiger partial charge is 0.499 e. The molecule has 0 atom stereocenters. The van der Waals surface area contributed by atoms with E-state index < -0.39 is 23.9 Å². The number of rotatable bonds is 2. The molecule has 1 nitrogen and oxygen atoms in total. The van der Waals surface area contributed by atoms with Gasteiger partial charge in [-0.05, 0) is 24.3 Å². The topological polar surface area (TPSA) is 9.23 Å². The molecule has 0 aliphatic carbocycles. The molecular weight excluding hydrogens is 226 g/mol. The van der Waals surface area contributed by atoms with Crippen LogP contribution in [0.4, 0.5) is 26.3 Å². The lowest BCUT2D eigenvalue weighted by atomic mass is 10.3. The van der Waals surface area contributed by atoms with Crippen LogP contribution < -0.4 is 4.74 Å². The predicted octanol–water partition coefficient (Wildman–Crippen LogP) is 3.36. The summed E-state index contributed by atoms with van der Waals surface area (Å²) in [6, 6.07) is 2.77. The Hall–Kier alpha value is -1.40. The van der Waals surface area contributed by atoms with Gasteiger partial charge in [-0.3, -0.25) is 0 Å². The summed E-state index contributed by atoms with van der Waals surface area (Å²) in [5, 5.41) is 0. The lowest BCUT2D eigenvalue weighted by Gasteiger charge is -2.19. The smallest absolute Gasteiger partial charge is 0.426 e. The van der Waals surface area contributed by atoms with Crippen LogP contribution in [0.3, 0.4) is 0 Å². The molecule has 1 aromatic rings. The van der Waals surface area contributed by atoms with Crippen LogP contribution in [0, 0.1) is 5.82 Å². The fourth-order valence-corrected chi connectivity index (χ4v) is 0.709. The average Bonchev–Trinajstić information content (AvgIpc) is 2.06. The molecule has 0 spiro atoms. The normalized spacial score (nSPS) is 12.7. The highest BCUT2D eigenvalue weighted by Crippen LogP contribution is 2.37. The minimum Gasteiger partial charge on any atom is -0.426 e. The van der Waals surface area contributed by atoms with E-state index in [1.807, 2.05) is 0 Å². The summed E-state index contributed by atoms with van der Waals surface area (Å²) >= 11 is 0. The van der Waals surface area contributed by atoms with Crippen molar-refractivity contribution in [2.45, 2.75) is 12.3 Å². The van der Waals surface area contributed by atoms with Crippen molar-refractivity contribution < 1.29 is 31.1 Å². The number of hydrogen-bond donors (Lipinski definition) is 0. The van der Waals surface area contributed by atoms with Gasteiger partial charge in [-0.1, -0.05) is 0 Å². The van der Waals surface area contributed by atoms with Gasteiger partial charge in [0.25, 0.3) is 0 Å². The Balaban J connectivity index is 2.82. The van der Waals surface area contributed by atoms with Crippen molar-refractivity contribution in [2.75, 3.05) is 0 Å². The van der Waals surface area contributed by atoms with Crippen molar-refractivity contribution in [1.82, 2.24) is 0 Å². The zero-order valence-corrected chi connectivity index (χ0v) is 6.99. The van der Waals surface area contributed by atoms with Crippen LogP contribution in [-0.2, 0) is 0 Å². The van der Waals surface area contributed by atoms with Gasteiger partial charge in [-0.25, -0.2) is 4.39 Å². The second-order valence-corrected chi connectivity index (χ2v) is 2.57. The maximum absolute atomic E-state index is 12.3. The highest BCUT2D eigenvalue weighted by Gasteiger charge is 2.61. The maximum atomic E-state index is 12.3. The summed E-state index contributed by atoms with van der Waals surface area (Å²) in [5.41, 5.74) is 0. The Morgan fingerprint density at radius 3 is 1.73 bits per heavy atom. The van der Waals surface area contributed by atoms with Gasteiger partial charge < -0.3 is 4.74 Å². The van der Waals surface area contributed by atoms with Gasteiger partial charge in [-0.2, -0.15) is 22.0 Å². The molecule has 0 fully saturated rings. The van der Waals surface area contributed by atoms with Crippen molar-refractivity contribution in [2.24, 2.45) is 0 Å². The number of benzene rings is 1. The second-order valence-electron chi connectivity index (χ2n) is 2.57. The maximum Gasteiger partial charge on any atom is 0.499 e. The minimum absolute atomic E-state index is 0.676. The third-order valence-corrected chi connectivity index (χ3v) is 1.39. The molecule has 1 aromatic carbocycles. The lowest BCUT2D eigenvalue weighted by molar-refractivity contribution is -0.360. The van der Waals surface area contributed by atoms with E-state index in [0.717, 1.165) is 0 Å². The average molecular weight is 230 g/mol. The van der Waals surface area contributed by atoms with Crippen molar-refractivity contribution >= 4 is 0 Å². The number of alkyl halides is 5. The van der Waals surface area contributed by atoms with E-state index in [9.17, 15) is 26.3 Å². The third-order valence-electron chi connectivity index (χ3n) is 1.39. The lowest BCUT2D eigenvalue weighted by Crippen LogP contribution is -2.41. The van der Waals surface area contributed by atoms with Crippen LogP contribution in [0.25, 0.3) is 0 Å². The molecule has 0 aliphatic rings. The molecule has 15 heavy (non-hydrogen) atoms. The van der Waals surface area contributed by atoms with Crippen molar-refractivity contribution in [3.63, 3.8) is 0 Å². The molecule has 0 saturated carbocycles. The Morgan fingerprint density at radius 1 is 0.867 bits per heavy atom. The van der Waals surface area contributed by atoms with Crippen LogP contribution in [0.2, 0.25) is 0 Å². The van der Waals surface area contributed by atoms with E-state index in [-0.39, 0.29) is 0 Å². The second kappa shape index (κ2) is 3.63. The molecule has 1 rings (SSSR count). The molecular formula is C8H4F6O. The first-order valence-electron chi connectivity index (χ1n) is 3.61. The fraction of sp³-hybridized carbons (Fsp3) is 0.250. The summed E-state index contributed by atoms with van der Waals surface area (Å²) < 4.78 is 75.2. The molecule has 84 valence electrons. The Bertz CT molecular complexity index is 328. The molecule has 0 N–H and O–H groups in total. The fourth-order valence-electron chi connectivity index (χ4n) is 0.709. The molecule has 0 amide bonds. The van der Waals surface area contributed by atoms with Gasteiger partial charge in [0.05, 0.1) is 0 Å². The molecule has 0 unspecified atom stereocenters. The highest BCUT2D eigenvalue weighted by atomic mass is 19.4. The van der Waals surface area contributed by atoms with E-state index in [4.69, 9.17) is 0 Å². The molecule has 0 aliphatic heterocycles. The van der Waals surface area contributed by atoms with E-state index in [1.54, 1.807) is 0 Å². The first-order chi connectivity index (χ1) is 6.72. The Labute approximate surface area is 80.3 Å². The molecule has 0 heterocycles. The summed E-state index contributed by atoms with van der Waals surface area (Å²) in [4.78, 5) is 0. The molecule has 0 saturated heterocycles.